The predicted molar refractivity (Wildman–Crippen MR) is 110 cm³/mol. The molecule has 1 aliphatic rings. The first-order chi connectivity index (χ1) is 13.2. The summed E-state index contributed by atoms with van der Waals surface area (Å²) in [6.07, 6.45) is 0. The maximum atomic E-state index is 14.3. The van der Waals surface area contributed by atoms with Crippen LogP contribution in [-0.4, -0.2) is 21.8 Å². The molecule has 0 amide bonds. The Bertz CT molecular complexity index is 1020. The third-order valence-electron chi connectivity index (χ3n) is 4.56. The molecule has 0 aromatic heterocycles. The highest BCUT2D eigenvalue weighted by Crippen LogP contribution is 2.54. The van der Waals surface area contributed by atoms with E-state index in [1.54, 1.807) is 13.2 Å². The summed E-state index contributed by atoms with van der Waals surface area (Å²) in [6.45, 7) is 5.51. The second kappa shape index (κ2) is 7.65. The van der Waals surface area contributed by atoms with E-state index in [4.69, 9.17) is 16.3 Å². The Hall–Kier alpha value is -2.23. The van der Waals surface area contributed by atoms with E-state index in [-0.39, 0.29) is 22.4 Å². The zero-order chi connectivity index (χ0) is 20.6. The molecule has 0 saturated heterocycles. The molecule has 4 nitrogen and oxygen atoms in total. The van der Waals surface area contributed by atoms with Crippen LogP contribution in [0.15, 0.2) is 40.8 Å². The third-order valence-corrected chi connectivity index (χ3v) is 6.20. The third kappa shape index (κ3) is 3.96. The highest BCUT2D eigenvalue weighted by molar-refractivity contribution is 7.85. The Morgan fingerprint density at radius 2 is 1.96 bits per heavy atom. The summed E-state index contributed by atoms with van der Waals surface area (Å²) in [5, 5.41) is 9.66. The average Bonchev–Trinajstić information content (AvgIpc) is 3.34. The molecule has 0 aliphatic heterocycles. The van der Waals surface area contributed by atoms with Crippen molar-refractivity contribution in [3.05, 3.63) is 63.9 Å². The molecule has 2 aromatic rings. The van der Waals surface area contributed by atoms with E-state index < -0.39 is 21.5 Å². The minimum atomic E-state index is -1.47. The predicted octanol–water partition coefficient (Wildman–Crippen LogP) is 5.14. The van der Waals surface area contributed by atoms with Crippen LogP contribution in [0.5, 0.6) is 5.75 Å². The van der Waals surface area contributed by atoms with Gasteiger partial charge in [-0.05, 0) is 56.2 Å². The minimum Gasteiger partial charge on any atom is -0.497 e. The van der Waals surface area contributed by atoms with E-state index in [1.165, 1.54) is 0 Å². The zero-order valence-corrected chi connectivity index (χ0v) is 17.6. The van der Waals surface area contributed by atoms with E-state index in [0.29, 0.717) is 17.0 Å². The van der Waals surface area contributed by atoms with Crippen molar-refractivity contribution in [1.29, 1.82) is 5.26 Å². The van der Waals surface area contributed by atoms with E-state index in [9.17, 15) is 13.9 Å². The Balaban J connectivity index is 2.13. The number of halogens is 2. The highest BCUT2D eigenvalue weighted by atomic mass is 35.5. The Kier molecular flexibility index (Phi) is 5.60. The first-order valence-electron chi connectivity index (χ1n) is 8.71. The van der Waals surface area contributed by atoms with Gasteiger partial charge in [0.25, 0.3) is 0 Å². The van der Waals surface area contributed by atoms with Gasteiger partial charge >= 0.3 is 0 Å². The summed E-state index contributed by atoms with van der Waals surface area (Å²) in [4.78, 5) is 0. The number of hydrogen-bond donors (Lipinski definition) is 0. The van der Waals surface area contributed by atoms with Gasteiger partial charge in [-0.1, -0.05) is 23.7 Å². The molecule has 0 heterocycles. The maximum absolute atomic E-state index is 14.3. The molecule has 28 heavy (non-hydrogen) atoms. The SMILES string of the molecule is COc1cccc(C2C(=NS(=O)C(C)(C)C)C2c2cc(Cl)cc(F)c2C#N)c1. The topological polar surface area (TPSA) is 62.4 Å². The summed E-state index contributed by atoms with van der Waals surface area (Å²) < 4.78 is 36.1. The monoisotopic (exact) mass is 418 g/mol. The van der Waals surface area contributed by atoms with Crippen LogP contribution in [0.2, 0.25) is 5.02 Å². The van der Waals surface area contributed by atoms with Crippen molar-refractivity contribution in [2.75, 3.05) is 7.11 Å². The molecule has 3 unspecified atom stereocenters. The fraction of sp³-hybridized carbons (Fsp3) is 0.333. The van der Waals surface area contributed by atoms with Gasteiger partial charge in [0, 0.05) is 22.6 Å². The number of benzene rings is 2. The molecular formula is C21H20ClFN2O2S. The summed E-state index contributed by atoms with van der Waals surface area (Å²) in [7, 11) is 0.103. The molecule has 0 N–H and O–H groups in total. The number of methoxy groups -OCH3 is 1. The lowest BCUT2D eigenvalue weighted by Gasteiger charge is -2.12. The molecule has 0 radical (unpaired) electrons. The van der Waals surface area contributed by atoms with Crippen molar-refractivity contribution in [3.8, 4) is 11.8 Å². The molecular weight excluding hydrogens is 399 g/mol. The summed E-state index contributed by atoms with van der Waals surface area (Å²) in [6, 6.07) is 12.1. The molecule has 7 heteroatoms. The lowest BCUT2D eigenvalue weighted by atomic mass is 9.99. The number of rotatable bonds is 4. The van der Waals surface area contributed by atoms with Crippen molar-refractivity contribution < 1.29 is 13.3 Å². The van der Waals surface area contributed by atoms with Crippen LogP contribution in [0.4, 0.5) is 4.39 Å². The van der Waals surface area contributed by atoms with Crippen LogP contribution in [-0.2, 0) is 11.0 Å². The standard InChI is InChI=1S/C21H20ClFN2O2S/c1-21(2,3)28(26)25-20-18(12-6-5-7-14(8-12)27-4)19(20)15-9-13(22)10-17(23)16(15)11-24/h5-10,18-19H,1-4H3. The van der Waals surface area contributed by atoms with Gasteiger partial charge in [-0.25, -0.2) is 8.60 Å². The Labute approximate surface area is 171 Å². The molecule has 1 saturated carbocycles. The van der Waals surface area contributed by atoms with Gasteiger partial charge in [0.1, 0.15) is 28.6 Å². The number of ether oxygens (including phenoxy) is 1. The van der Waals surface area contributed by atoms with Gasteiger partial charge in [0.2, 0.25) is 0 Å². The molecule has 146 valence electrons. The Morgan fingerprint density at radius 3 is 2.57 bits per heavy atom. The van der Waals surface area contributed by atoms with E-state index in [2.05, 4.69) is 4.40 Å². The first kappa shape index (κ1) is 20.5. The van der Waals surface area contributed by atoms with Crippen LogP contribution in [0.25, 0.3) is 0 Å². The van der Waals surface area contributed by atoms with Crippen LogP contribution < -0.4 is 4.74 Å². The summed E-state index contributed by atoms with van der Waals surface area (Å²) >= 11 is 6.05. The van der Waals surface area contributed by atoms with Crippen LogP contribution in [0.3, 0.4) is 0 Å². The highest BCUT2D eigenvalue weighted by Gasteiger charge is 2.50. The second-order valence-corrected chi connectivity index (χ2v) is 9.92. The summed E-state index contributed by atoms with van der Waals surface area (Å²) in [5.74, 6) is -0.567. The fourth-order valence-electron chi connectivity index (χ4n) is 3.09. The molecule has 3 rings (SSSR count). The van der Waals surface area contributed by atoms with Crippen molar-refractivity contribution in [1.82, 2.24) is 0 Å². The molecule has 1 fully saturated rings. The van der Waals surface area contributed by atoms with E-state index in [0.717, 1.165) is 11.6 Å². The van der Waals surface area contributed by atoms with Gasteiger partial charge in [-0.3, -0.25) is 0 Å². The second-order valence-electron chi connectivity index (χ2n) is 7.57. The Morgan fingerprint density at radius 1 is 1.25 bits per heavy atom. The van der Waals surface area contributed by atoms with E-state index >= 15 is 0 Å². The molecule has 3 atom stereocenters. The molecule has 2 aromatic carbocycles. The molecule has 1 aliphatic carbocycles. The molecule has 0 spiro atoms. The van der Waals surface area contributed by atoms with Gasteiger partial charge in [0.15, 0.2) is 0 Å². The van der Waals surface area contributed by atoms with Gasteiger partial charge < -0.3 is 4.74 Å². The van der Waals surface area contributed by atoms with Crippen molar-refractivity contribution in [3.63, 3.8) is 0 Å². The maximum Gasteiger partial charge on any atom is 0.144 e. The summed E-state index contributed by atoms with van der Waals surface area (Å²) in [5.41, 5.74) is 1.96. The van der Waals surface area contributed by atoms with Crippen LogP contribution >= 0.6 is 11.6 Å². The normalized spacial score (nSPS) is 21.2. The number of nitriles is 1. The lowest BCUT2D eigenvalue weighted by Crippen LogP contribution is -2.19. The van der Waals surface area contributed by atoms with Crippen LogP contribution in [0, 0.1) is 17.1 Å². The van der Waals surface area contributed by atoms with Crippen molar-refractivity contribution in [2.24, 2.45) is 4.40 Å². The van der Waals surface area contributed by atoms with Crippen LogP contribution in [0.1, 0.15) is 49.3 Å². The van der Waals surface area contributed by atoms with Gasteiger partial charge in [-0.2, -0.15) is 9.66 Å². The first-order valence-corrected chi connectivity index (χ1v) is 10.2. The zero-order valence-electron chi connectivity index (χ0n) is 16.0. The van der Waals surface area contributed by atoms with E-state index in [1.807, 2.05) is 51.1 Å². The smallest absolute Gasteiger partial charge is 0.144 e. The van der Waals surface area contributed by atoms with Gasteiger partial charge in [-0.15, -0.1) is 0 Å². The van der Waals surface area contributed by atoms with Gasteiger partial charge in [0.05, 0.1) is 17.4 Å². The lowest BCUT2D eigenvalue weighted by molar-refractivity contribution is 0.414. The quantitative estimate of drug-likeness (QED) is 0.690. The van der Waals surface area contributed by atoms with Crippen molar-refractivity contribution in [2.45, 2.75) is 37.4 Å². The van der Waals surface area contributed by atoms with Crippen molar-refractivity contribution >= 4 is 28.3 Å². The average molecular weight is 419 g/mol. The minimum absolute atomic E-state index is 0.0611. The molecule has 0 bridgehead atoms. The number of nitrogens with zero attached hydrogens (tertiary/aromatic N) is 2. The fourth-order valence-corrected chi connectivity index (χ4v) is 4.00. The number of hydrogen-bond acceptors (Lipinski definition) is 3. The largest absolute Gasteiger partial charge is 0.497 e.